The van der Waals surface area contributed by atoms with Crippen LogP contribution in [0.15, 0.2) is 30.6 Å². The summed E-state index contributed by atoms with van der Waals surface area (Å²) < 4.78 is 2.00. The van der Waals surface area contributed by atoms with Crippen LogP contribution in [0.3, 0.4) is 0 Å². The Morgan fingerprint density at radius 1 is 0.889 bits per heavy atom. The van der Waals surface area contributed by atoms with Crippen LogP contribution < -0.4 is 4.57 Å². The SMILES string of the molecule is CC.C[n+]1ccccc1. The van der Waals surface area contributed by atoms with Crippen molar-refractivity contribution in [3.8, 4) is 0 Å². The van der Waals surface area contributed by atoms with Gasteiger partial charge in [0.05, 0.1) is 0 Å². The van der Waals surface area contributed by atoms with Gasteiger partial charge in [0, 0.05) is 12.1 Å². The van der Waals surface area contributed by atoms with Crippen LogP contribution in [0.2, 0.25) is 0 Å². The van der Waals surface area contributed by atoms with Gasteiger partial charge in [0.25, 0.3) is 0 Å². The first kappa shape index (κ1) is 8.15. The Hall–Kier alpha value is -0.850. The summed E-state index contributed by atoms with van der Waals surface area (Å²) in [5.41, 5.74) is 0. The van der Waals surface area contributed by atoms with Gasteiger partial charge in [-0.2, -0.15) is 0 Å². The molecule has 0 atom stereocenters. The average molecular weight is 124 g/mol. The first-order valence-electron chi connectivity index (χ1n) is 3.30. The van der Waals surface area contributed by atoms with Crippen molar-refractivity contribution in [3.05, 3.63) is 30.6 Å². The van der Waals surface area contributed by atoms with E-state index < -0.39 is 0 Å². The fourth-order valence-corrected chi connectivity index (χ4v) is 0.485. The molecule has 0 aliphatic carbocycles. The van der Waals surface area contributed by atoms with Gasteiger partial charge in [-0.15, -0.1) is 0 Å². The second-order valence-corrected chi connectivity index (χ2v) is 1.54. The molecule has 0 aromatic carbocycles. The lowest BCUT2D eigenvalue weighted by molar-refractivity contribution is -0.671. The van der Waals surface area contributed by atoms with E-state index in [2.05, 4.69) is 0 Å². The number of hydrogen-bond donors (Lipinski definition) is 0. The predicted molar refractivity (Wildman–Crippen MR) is 39.0 cm³/mol. The number of aryl methyl sites for hydroxylation is 1. The molecule has 1 aromatic rings. The van der Waals surface area contributed by atoms with E-state index in [-0.39, 0.29) is 0 Å². The van der Waals surface area contributed by atoms with Gasteiger partial charge in [-0.05, 0) is 0 Å². The van der Waals surface area contributed by atoms with Crippen molar-refractivity contribution >= 4 is 0 Å². The molecule has 0 radical (unpaired) electrons. The van der Waals surface area contributed by atoms with Crippen LogP contribution in [0, 0.1) is 0 Å². The number of hydrogen-bond acceptors (Lipinski definition) is 0. The van der Waals surface area contributed by atoms with Crippen molar-refractivity contribution in [2.24, 2.45) is 7.05 Å². The van der Waals surface area contributed by atoms with Crippen LogP contribution in [0.4, 0.5) is 0 Å². The highest BCUT2D eigenvalue weighted by Gasteiger charge is 1.78. The molecule has 1 rings (SSSR count). The fourth-order valence-electron chi connectivity index (χ4n) is 0.485. The van der Waals surface area contributed by atoms with Gasteiger partial charge in [-0.25, -0.2) is 4.57 Å². The Bertz CT molecular complexity index is 134. The fraction of sp³-hybridized carbons (Fsp3) is 0.375. The molecule has 1 heteroatoms. The third-order valence-electron chi connectivity index (χ3n) is 0.865. The normalized spacial score (nSPS) is 7.44. The van der Waals surface area contributed by atoms with Crippen LogP contribution in [-0.2, 0) is 7.05 Å². The maximum atomic E-state index is 2.00. The molecule has 9 heavy (non-hydrogen) atoms. The Morgan fingerprint density at radius 3 is 1.56 bits per heavy atom. The highest BCUT2D eigenvalue weighted by Crippen LogP contribution is 1.71. The van der Waals surface area contributed by atoms with Gasteiger partial charge >= 0.3 is 0 Å². The van der Waals surface area contributed by atoms with E-state index in [0.717, 1.165) is 0 Å². The van der Waals surface area contributed by atoms with E-state index in [0.29, 0.717) is 0 Å². The zero-order chi connectivity index (χ0) is 7.11. The molecule has 0 amide bonds. The van der Waals surface area contributed by atoms with E-state index in [9.17, 15) is 0 Å². The molecular formula is C8H14N+. The predicted octanol–water partition coefficient (Wildman–Crippen LogP) is 1.54. The second kappa shape index (κ2) is 5.29. The molecule has 0 aliphatic heterocycles. The van der Waals surface area contributed by atoms with Crippen molar-refractivity contribution in [3.63, 3.8) is 0 Å². The first-order chi connectivity index (χ1) is 4.39. The summed E-state index contributed by atoms with van der Waals surface area (Å²) in [5, 5.41) is 0. The van der Waals surface area contributed by atoms with E-state index in [1.165, 1.54) is 0 Å². The van der Waals surface area contributed by atoms with E-state index >= 15 is 0 Å². The molecule has 0 N–H and O–H groups in total. The standard InChI is InChI=1S/C6H8N.C2H6/c1-7-5-3-2-4-6-7;1-2/h2-6H,1H3;1-2H3/q+1;. The lowest BCUT2D eigenvalue weighted by atomic mass is 10.5. The summed E-state index contributed by atoms with van der Waals surface area (Å²) in [7, 11) is 2.00. The van der Waals surface area contributed by atoms with Crippen molar-refractivity contribution in [1.82, 2.24) is 0 Å². The largest absolute Gasteiger partial charge is 0.208 e. The van der Waals surface area contributed by atoms with Crippen LogP contribution >= 0.6 is 0 Å². The van der Waals surface area contributed by atoms with Crippen molar-refractivity contribution in [1.29, 1.82) is 0 Å². The van der Waals surface area contributed by atoms with Gasteiger partial charge < -0.3 is 0 Å². The summed E-state index contributed by atoms with van der Waals surface area (Å²) >= 11 is 0. The van der Waals surface area contributed by atoms with E-state index in [4.69, 9.17) is 0 Å². The summed E-state index contributed by atoms with van der Waals surface area (Å²) in [6.07, 6.45) is 4.00. The second-order valence-electron chi connectivity index (χ2n) is 1.54. The minimum absolute atomic E-state index is 2.00. The third-order valence-corrected chi connectivity index (χ3v) is 0.865. The van der Waals surface area contributed by atoms with E-state index in [1.807, 2.05) is 56.1 Å². The molecule has 1 aromatic heterocycles. The summed E-state index contributed by atoms with van der Waals surface area (Å²) in [5.74, 6) is 0. The highest BCUT2D eigenvalue weighted by atomic mass is 14.9. The monoisotopic (exact) mass is 124 g/mol. The number of nitrogens with zero attached hydrogens (tertiary/aromatic N) is 1. The number of aromatic nitrogens is 1. The Labute approximate surface area is 57.0 Å². The molecule has 0 aliphatic rings. The quantitative estimate of drug-likeness (QED) is 0.462. The molecule has 0 fully saturated rings. The van der Waals surface area contributed by atoms with Crippen molar-refractivity contribution in [2.45, 2.75) is 13.8 Å². The maximum absolute atomic E-state index is 2.00. The van der Waals surface area contributed by atoms with Crippen LogP contribution in [0.1, 0.15) is 13.8 Å². The third kappa shape index (κ3) is 3.71. The van der Waals surface area contributed by atoms with Crippen molar-refractivity contribution in [2.75, 3.05) is 0 Å². The number of rotatable bonds is 0. The Balaban J connectivity index is 0.000000291. The maximum Gasteiger partial charge on any atom is 0.168 e. The van der Waals surface area contributed by atoms with E-state index in [1.54, 1.807) is 0 Å². The van der Waals surface area contributed by atoms with Crippen LogP contribution in [0.5, 0.6) is 0 Å². The van der Waals surface area contributed by atoms with Crippen LogP contribution in [0.25, 0.3) is 0 Å². The molecule has 50 valence electrons. The van der Waals surface area contributed by atoms with Gasteiger partial charge in [-0.1, -0.05) is 19.9 Å². The lowest BCUT2D eigenvalue weighted by Gasteiger charge is -1.77. The van der Waals surface area contributed by atoms with Gasteiger partial charge in [0.1, 0.15) is 7.05 Å². The Morgan fingerprint density at radius 2 is 1.33 bits per heavy atom. The molecule has 0 saturated carbocycles. The summed E-state index contributed by atoms with van der Waals surface area (Å²) in [6, 6.07) is 6.00. The highest BCUT2D eigenvalue weighted by molar-refractivity contribution is 4.83. The Kier molecular flexibility index (Phi) is 4.79. The summed E-state index contributed by atoms with van der Waals surface area (Å²) in [6.45, 7) is 4.00. The summed E-state index contributed by atoms with van der Waals surface area (Å²) in [4.78, 5) is 0. The lowest BCUT2D eigenvalue weighted by Crippen LogP contribution is -2.25. The molecular weight excluding hydrogens is 110 g/mol. The molecule has 1 heterocycles. The molecule has 1 nitrogen and oxygen atoms in total. The average Bonchev–Trinajstić information content (AvgIpc) is 1.94. The molecule has 0 spiro atoms. The van der Waals surface area contributed by atoms with Gasteiger partial charge in [0.15, 0.2) is 12.4 Å². The topological polar surface area (TPSA) is 3.88 Å². The number of pyridine rings is 1. The molecule has 0 bridgehead atoms. The molecule has 0 saturated heterocycles. The molecule has 0 unspecified atom stereocenters. The van der Waals surface area contributed by atoms with Gasteiger partial charge in [-0.3, -0.25) is 0 Å². The first-order valence-corrected chi connectivity index (χ1v) is 3.30. The van der Waals surface area contributed by atoms with Gasteiger partial charge in [0.2, 0.25) is 0 Å². The smallest absolute Gasteiger partial charge is 0.168 e. The zero-order valence-electron chi connectivity index (χ0n) is 6.33. The minimum Gasteiger partial charge on any atom is -0.208 e. The van der Waals surface area contributed by atoms with Crippen LogP contribution in [-0.4, -0.2) is 0 Å². The van der Waals surface area contributed by atoms with Crippen molar-refractivity contribution < 1.29 is 4.57 Å². The minimum atomic E-state index is 2.00. The zero-order valence-corrected chi connectivity index (χ0v) is 6.33.